The molecule has 2 fully saturated rings. The van der Waals surface area contributed by atoms with Crippen molar-refractivity contribution in [2.24, 2.45) is 5.92 Å². The topological polar surface area (TPSA) is 61.4 Å². The summed E-state index contributed by atoms with van der Waals surface area (Å²) in [6.45, 7) is 0.727. The summed E-state index contributed by atoms with van der Waals surface area (Å²) in [6.07, 6.45) is 2.39. The number of carbonyl (C=O) groups is 2. The number of benzene rings is 2. The van der Waals surface area contributed by atoms with E-state index in [1.165, 1.54) is 0 Å². The summed E-state index contributed by atoms with van der Waals surface area (Å²) < 4.78 is 27.8. The van der Waals surface area contributed by atoms with Crippen molar-refractivity contribution in [2.75, 3.05) is 17.2 Å². The van der Waals surface area contributed by atoms with Crippen molar-refractivity contribution in [3.8, 4) is 0 Å². The van der Waals surface area contributed by atoms with Crippen LogP contribution >= 0.6 is 15.9 Å². The van der Waals surface area contributed by atoms with E-state index >= 15 is 0 Å². The number of carbonyl (C=O) groups excluding carboxylic acids is 2. The average Bonchev–Trinajstić information content (AvgIpc) is 3.32. The van der Waals surface area contributed by atoms with Gasteiger partial charge in [0.2, 0.25) is 11.8 Å². The van der Waals surface area contributed by atoms with Crippen molar-refractivity contribution >= 4 is 39.1 Å². The third-order valence-corrected chi connectivity index (χ3v) is 6.97. The largest absolute Gasteiger partial charge is 0.324 e. The first kappa shape index (κ1) is 18.7. The van der Waals surface area contributed by atoms with Crippen molar-refractivity contribution < 1.29 is 18.4 Å². The van der Waals surface area contributed by atoms with Gasteiger partial charge < -0.3 is 10.6 Å². The Kier molecular flexibility index (Phi) is 4.25. The number of nitrogens with zero attached hydrogens (tertiary/aromatic N) is 1. The molecule has 0 saturated carbocycles. The Balaban J connectivity index is 1.58. The highest BCUT2D eigenvalue weighted by Crippen LogP contribution is 2.55. The Morgan fingerprint density at radius 2 is 2.07 bits per heavy atom. The van der Waals surface area contributed by atoms with Crippen LogP contribution in [-0.2, 0) is 15.1 Å². The Morgan fingerprint density at radius 3 is 2.86 bits per heavy atom. The maximum atomic E-state index is 14.3. The number of amides is 2. The molecule has 2 saturated heterocycles. The van der Waals surface area contributed by atoms with Gasteiger partial charge in [-0.1, -0.05) is 18.2 Å². The minimum Gasteiger partial charge on any atom is -0.324 e. The zero-order valence-electron chi connectivity index (χ0n) is 15.3. The second kappa shape index (κ2) is 6.60. The van der Waals surface area contributed by atoms with Crippen LogP contribution in [0.15, 0.2) is 40.9 Å². The van der Waals surface area contributed by atoms with Crippen molar-refractivity contribution in [1.82, 2.24) is 4.90 Å². The number of halogens is 3. The summed E-state index contributed by atoms with van der Waals surface area (Å²) in [5.74, 6) is -2.96. The molecule has 0 aliphatic carbocycles. The van der Waals surface area contributed by atoms with E-state index in [0.717, 1.165) is 37.1 Å². The predicted octanol–water partition coefficient (Wildman–Crippen LogP) is 4.00. The molecule has 3 unspecified atom stereocenters. The van der Waals surface area contributed by atoms with Gasteiger partial charge in [-0.3, -0.25) is 14.5 Å². The molecular weight excluding hydrogens is 444 g/mol. The summed E-state index contributed by atoms with van der Waals surface area (Å²) in [5, 5.41) is 5.53. The second-order valence-electron chi connectivity index (χ2n) is 7.78. The van der Waals surface area contributed by atoms with Gasteiger partial charge in [0, 0.05) is 27.8 Å². The number of para-hydroxylation sites is 1. The zero-order valence-corrected chi connectivity index (χ0v) is 16.9. The Hall–Kier alpha value is -2.32. The number of hydrogen-bond acceptors (Lipinski definition) is 3. The van der Waals surface area contributed by atoms with Crippen LogP contribution in [0, 0.1) is 17.6 Å². The van der Waals surface area contributed by atoms with Crippen LogP contribution < -0.4 is 10.6 Å². The molecule has 3 aliphatic rings. The van der Waals surface area contributed by atoms with Gasteiger partial charge in [-0.05, 0) is 53.9 Å². The maximum absolute atomic E-state index is 14.3. The van der Waals surface area contributed by atoms with Crippen LogP contribution in [0.4, 0.5) is 20.2 Å². The lowest BCUT2D eigenvalue weighted by molar-refractivity contribution is -0.135. The fourth-order valence-electron chi connectivity index (χ4n) is 5.25. The van der Waals surface area contributed by atoms with Gasteiger partial charge in [-0.2, -0.15) is 0 Å². The van der Waals surface area contributed by atoms with Crippen LogP contribution in [0.25, 0.3) is 0 Å². The third kappa shape index (κ3) is 2.58. The van der Waals surface area contributed by atoms with Crippen molar-refractivity contribution in [3.05, 3.63) is 58.1 Å². The van der Waals surface area contributed by atoms with E-state index < -0.39 is 29.0 Å². The second-order valence-corrected chi connectivity index (χ2v) is 8.63. The molecule has 5 rings (SSSR count). The minimum atomic E-state index is -1.11. The van der Waals surface area contributed by atoms with Crippen LogP contribution in [0.1, 0.15) is 24.8 Å². The van der Waals surface area contributed by atoms with Gasteiger partial charge in [0.05, 0.1) is 11.6 Å². The van der Waals surface area contributed by atoms with E-state index in [9.17, 15) is 18.4 Å². The summed E-state index contributed by atoms with van der Waals surface area (Å²) in [4.78, 5) is 28.8. The van der Waals surface area contributed by atoms with Crippen LogP contribution in [0.2, 0.25) is 0 Å². The van der Waals surface area contributed by atoms with E-state index in [-0.39, 0.29) is 22.1 Å². The molecule has 2 aromatic rings. The van der Waals surface area contributed by atoms with Crippen LogP contribution in [-0.4, -0.2) is 29.3 Å². The lowest BCUT2D eigenvalue weighted by Crippen LogP contribution is -2.53. The van der Waals surface area contributed by atoms with E-state index in [1.54, 1.807) is 0 Å². The van der Waals surface area contributed by atoms with Gasteiger partial charge in [-0.15, -0.1) is 0 Å². The summed E-state index contributed by atoms with van der Waals surface area (Å²) in [7, 11) is 0. The highest BCUT2D eigenvalue weighted by atomic mass is 79.9. The predicted molar refractivity (Wildman–Crippen MR) is 107 cm³/mol. The first-order valence-electron chi connectivity index (χ1n) is 9.56. The molecule has 0 radical (unpaired) electrons. The van der Waals surface area contributed by atoms with Crippen LogP contribution in [0.3, 0.4) is 0 Å². The molecule has 3 aliphatic heterocycles. The highest BCUT2D eigenvalue weighted by molar-refractivity contribution is 9.10. The molecule has 3 atom stereocenters. The average molecular weight is 462 g/mol. The van der Waals surface area contributed by atoms with E-state index in [2.05, 4.69) is 31.5 Å². The molecule has 2 N–H and O–H groups in total. The molecule has 3 heterocycles. The lowest BCUT2D eigenvalue weighted by atomic mass is 9.78. The monoisotopic (exact) mass is 461 g/mol. The molecule has 29 heavy (non-hydrogen) atoms. The lowest BCUT2D eigenvalue weighted by Gasteiger charge is -2.36. The van der Waals surface area contributed by atoms with Crippen LogP contribution in [0.5, 0.6) is 0 Å². The van der Waals surface area contributed by atoms with Gasteiger partial charge in [-0.25, -0.2) is 8.78 Å². The van der Waals surface area contributed by atoms with Crippen molar-refractivity contribution in [1.29, 1.82) is 0 Å². The van der Waals surface area contributed by atoms with E-state index in [4.69, 9.17) is 0 Å². The molecule has 0 bridgehead atoms. The number of fused-ring (bicyclic) bond motifs is 4. The molecule has 2 aromatic carbocycles. The van der Waals surface area contributed by atoms with E-state index in [1.807, 2.05) is 24.3 Å². The first-order chi connectivity index (χ1) is 13.9. The molecule has 8 heteroatoms. The fourth-order valence-corrected chi connectivity index (χ4v) is 5.76. The molecule has 2 amide bonds. The quantitative estimate of drug-likeness (QED) is 0.710. The smallest absolute Gasteiger partial charge is 0.250 e. The highest BCUT2D eigenvalue weighted by Gasteiger charge is 2.65. The SMILES string of the molecule is O=C(Nc1c(F)cc(F)cc1Br)C1CC2CCCN2C12C(=O)Nc1ccccc12. The fraction of sp³-hybridized carbons (Fsp3) is 0.333. The molecule has 1 spiro atoms. The van der Waals surface area contributed by atoms with E-state index in [0.29, 0.717) is 12.1 Å². The Labute approximate surface area is 174 Å². The first-order valence-corrected chi connectivity index (χ1v) is 10.4. The van der Waals surface area contributed by atoms with Gasteiger partial charge in [0.1, 0.15) is 11.4 Å². The van der Waals surface area contributed by atoms with Gasteiger partial charge >= 0.3 is 0 Å². The molecular formula is C21H18BrF2N3O2. The summed E-state index contributed by atoms with van der Waals surface area (Å²) in [5.41, 5.74) is 0.264. The normalized spacial score (nSPS) is 27.8. The molecule has 0 aromatic heterocycles. The third-order valence-electron chi connectivity index (χ3n) is 6.35. The Bertz CT molecular complexity index is 1020. The number of rotatable bonds is 2. The zero-order chi connectivity index (χ0) is 20.3. The van der Waals surface area contributed by atoms with Gasteiger partial charge in [0.25, 0.3) is 0 Å². The van der Waals surface area contributed by atoms with Crippen molar-refractivity contribution in [3.63, 3.8) is 0 Å². The summed E-state index contributed by atoms with van der Waals surface area (Å²) >= 11 is 3.11. The maximum Gasteiger partial charge on any atom is 0.250 e. The number of hydrogen-bond donors (Lipinski definition) is 2. The van der Waals surface area contributed by atoms with Crippen molar-refractivity contribution in [2.45, 2.75) is 30.8 Å². The summed E-state index contributed by atoms with van der Waals surface area (Å²) in [6, 6.07) is 9.34. The van der Waals surface area contributed by atoms with Gasteiger partial charge in [0.15, 0.2) is 5.82 Å². The molecule has 150 valence electrons. The molecule has 5 nitrogen and oxygen atoms in total. The minimum absolute atomic E-state index is 0.115. The standard InChI is InChI=1S/C21H18BrF2N3O2/c22-15-8-11(23)9-16(24)18(15)26-19(28)14-10-12-4-3-7-27(12)21(14)13-5-1-2-6-17(13)25-20(21)29/h1-2,5-6,8-9,12,14H,3-4,7,10H2,(H,25,29)(H,26,28). The number of nitrogens with one attached hydrogen (secondary N) is 2. The number of anilines is 2. The Morgan fingerprint density at radius 1 is 1.28 bits per heavy atom.